The number of nitrogens with zero attached hydrogens (tertiary/aromatic N) is 1. The van der Waals surface area contributed by atoms with Gasteiger partial charge >= 0.3 is 0 Å². The Morgan fingerprint density at radius 3 is 2.53 bits per heavy atom. The van der Waals surface area contributed by atoms with Crippen molar-refractivity contribution in [2.24, 2.45) is 0 Å². The van der Waals surface area contributed by atoms with Crippen LogP contribution < -0.4 is 0 Å². The van der Waals surface area contributed by atoms with Crippen molar-refractivity contribution < 1.29 is 0 Å². The van der Waals surface area contributed by atoms with Gasteiger partial charge in [-0.3, -0.25) is 4.98 Å². The third-order valence-electron chi connectivity index (χ3n) is 2.38. The Kier molecular flexibility index (Phi) is 3.02. The number of aromatic nitrogens is 1. The molecular formula is C13H12ClN. The molecular weight excluding hydrogens is 206 g/mol. The fraction of sp³-hybridized carbons (Fsp3) is 0.154. The van der Waals surface area contributed by atoms with Gasteiger partial charge in [-0.2, -0.15) is 0 Å². The molecule has 2 rings (SSSR count). The summed E-state index contributed by atoms with van der Waals surface area (Å²) in [6.45, 7) is 2.12. The molecule has 1 nitrogen and oxygen atoms in total. The summed E-state index contributed by atoms with van der Waals surface area (Å²) in [6, 6.07) is 11.9. The first-order valence-electron chi connectivity index (χ1n) is 5.01. The SMILES string of the molecule is CCc1ccc(-c2ccccc2Cl)nc1. The van der Waals surface area contributed by atoms with Gasteiger partial charge in [0.25, 0.3) is 0 Å². The van der Waals surface area contributed by atoms with Crippen LogP contribution in [0.2, 0.25) is 5.02 Å². The van der Waals surface area contributed by atoms with Crippen molar-refractivity contribution in [3.8, 4) is 11.3 Å². The monoisotopic (exact) mass is 217 g/mol. The van der Waals surface area contributed by atoms with Crippen LogP contribution in [0.25, 0.3) is 11.3 Å². The van der Waals surface area contributed by atoms with Gasteiger partial charge in [-0.1, -0.05) is 42.8 Å². The maximum Gasteiger partial charge on any atom is 0.0717 e. The summed E-state index contributed by atoms with van der Waals surface area (Å²) in [4.78, 5) is 4.40. The molecule has 0 bridgehead atoms. The number of aryl methyl sites for hydroxylation is 1. The highest BCUT2D eigenvalue weighted by atomic mass is 35.5. The number of rotatable bonds is 2. The molecule has 0 spiro atoms. The van der Waals surface area contributed by atoms with Crippen LogP contribution >= 0.6 is 11.6 Å². The molecule has 0 N–H and O–H groups in total. The number of halogens is 1. The van der Waals surface area contributed by atoms with Gasteiger partial charge in [0.2, 0.25) is 0 Å². The lowest BCUT2D eigenvalue weighted by Gasteiger charge is -2.03. The predicted octanol–water partition coefficient (Wildman–Crippen LogP) is 3.96. The van der Waals surface area contributed by atoms with Crippen molar-refractivity contribution in [2.45, 2.75) is 13.3 Å². The average molecular weight is 218 g/mol. The largest absolute Gasteiger partial charge is 0.256 e. The van der Waals surface area contributed by atoms with Gasteiger partial charge in [-0.05, 0) is 24.1 Å². The van der Waals surface area contributed by atoms with Crippen molar-refractivity contribution >= 4 is 11.6 Å². The van der Waals surface area contributed by atoms with Crippen molar-refractivity contribution in [1.29, 1.82) is 0 Å². The third-order valence-corrected chi connectivity index (χ3v) is 2.71. The predicted molar refractivity (Wildman–Crippen MR) is 64.1 cm³/mol. The van der Waals surface area contributed by atoms with Crippen LogP contribution in [0.3, 0.4) is 0 Å². The summed E-state index contributed by atoms with van der Waals surface area (Å²) < 4.78 is 0. The molecule has 0 atom stereocenters. The molecule has 0 fully saturated rings. The van der Waals surface area contributed by atoms with Gasteiger partial charge in [0.1, 0.15) is 0 Å². The highest BCUT2D eigenvalue weighted by molar-refractivity contribution is 6.33. The van der Waals surface area contributed by atoms with E-state index in [1.807, 2.05) is 36.5 Å². The van der Waals surface area contributed by atoms with E-state index in [-0.39, 0.29) is 0 Å². The van der Waals surface area contributed by atoms with Crippen molar-refractivity contribution in [3.63, 3.8) is 0 Å². The minimum absolute atomic E-state index is 0.745. The van der Waals surface area contributed by atoms with Gasteiger partial charge in [0.05, 0.1) is 5.69 Å². The molecule has 0 aliphatic rings. The highest BCUT2D eigenvalue weighted by Gasteiger charge is 2.02. The summed E-state index contributed by atoms with van der Waals surface area (Å²) in [7, 11) is 0. The first kappa shape index (κ1) is 10.2. The number of benzene rings is 1. The number of hydrogen-bond donors (Lipinski definition) is 0. The van der Waals surface area contributed by atoms with E-state index in [1.165, 1.54) is 5.56 Å². The summed E-state index contributed by atoms with van der Waals surface area (Å²) in [6.07, 6.45) is 2.91. The molecule has 2 aromatic rings. The molecule has 15 heavy (non-hydrogen) atoms. The van der Waals surface area contributed by atoms with Crippen LogP contribution in [0.5, 0.6) is 0 Å². The lowest BCUT2D eigenvalue weighted by molar-refractivity contribution is 1.11. The fourth-order valence-electron chi connectivity index (χ4n) is 1.46. The molecule has 0 saturated heterocycles. The van der Waals surface area contributed by atoms with E-state index in [4.69, 9.17) is 11.6 Å². The third kappa shape index (κ3) is 2.18. The standard InChI is InChI=1S/C13H12ClN/c1-2-10-7-8-13(15-9-10)11-5-3-4-6-12(11)14/h3-9H,2H2,1H3. The second-order valence-corrected chi connectivity index (χ2v) is 3.79. The highest BCUT2D eigenvalue weighted by Crippen LogP contribution is 2.25. The van der Waals surface area contributed by atoms with Crippen molar-refractivity contribution in [1.82, 2.24) is 4.98 Å². The lowest BCUT2D eigenvalue weighted by Crippen LogP contribution is -1.86. The lowest BCUT2D eigenvalue weighted by atomic mass is 10.1. The van der Waals surface area contributed by atoms with E-state index in [0.29, 0.717) is 0 Å². The smallest absolute Gasteiger partial charge is 0.0717 e. The Hall–Kier alpha value is -1.34. The van der Waals surface area contributed by atoms with E-state index in [9.17, 15) is 0 Å². The van der Waals surface area contributed by atoms with E-state index >= 15 is 0 Å². The molecule has 0 unspecified atom stereocenters. The maximum absolute atomic E-state index is 6.09. The molecule has 0 saturated carbocycles. The molecule has 0 radical (unpaired) electrons. The van der Waals surface area contributed by atoms with Crippen LogP contribution in [-0.4, -0.2) is 4.98 Å². The van der Waals surface area contributed by atoms with E-state index in [0.717, 1.165) is 22.7 Å². The molecule has 1 aromatic heterocycles. The fourth-order valence-corrected chi connectivity index (χ4v) is 1.69. The maximum atomic E-state index is 6.09. The van der Waals surface area contributed by atoms with Gasteiger partial charge in [-0.25, -0.2) is 0 Å². The Balaban J connectivity index is 2.42. The van der Waals surface area contributed by atoms with Crippen LogP contribution in [-0.2, 0) is 6.42 Å². The van der Waals surface area contributed by atoms with Gasteiger partial charge in [-0.15, -0.1) is 0 Å². The van der Waals surface area contributed by atoms with E-state index in [1.54, 1.807) is 0 Å². The molecule has 1 heterocycles. The molecule has 76 valence electrons. The van der Waals surface area contributed by atoms with Crippen LogP contribution in [0.4, 0.5) is 0 Å². The van der Waals surface area contributed by atoms with E-state index in [2.05, 4.69) is 18.0 Å². The second kappa shape index (κ2) is 4.45. The van der Waals surface area contributed by atoms with Crippen LogP contribution in [0.15, 0.2) is 42.6 Å². The Bertz CT molecular complexity index is 448. The van der Waals surface area contributed by atoms with Gasteiger partial charge in [0, 0.05) is 16.8 Å². The van der Waals surface area contributed by atoms with Gasteiger partial charge < -0.3 is 0 Å². The second-order valence-electron chi connectivity index (χ2n) is 3.39. The molecule has 0 aliphatic heterocycles. The zero-order chi connectivity index (χ0) is 10.7. The Labute approximate surface area is 94.7 Å². The van der Waals surface area contributed by atoms with Crippen molar-refractivity contribution in [2.75, 3.05) is 0 Å². The van der Waals surface area contributed by atoms with E-state index < -0.39 is 0 Å². The molecule has 2 heteroatoms. The average Bonchev–Trinajstić information content (AvgIpc) is 2.30. The number of hydrogen-bond acceptors (Lipinski definition) is 1. The minimum Gasteiger partial charge on any atom is -0.256 e. The zero-order valence-electron chi connectivity index (χ0n) is 8.57. The van der Waals surface area contributed by atoms with Gasteiger partial charge in [0.15, 0.2) is 0 Å². The summed E-state index contributed by atoms with van der Waals surface area (Å²) in [5.41, 5.74) is 3.16. The van der Waals surface area contributed by atoms with Crippen molar-refractivity contribution in [3.05, 3.63) is 53.2 Å². The molecule has 0 aliphatic carbocycles. The topological polar surface area (TPSA) is 12.9 Å². The molecule has 1 aromatic carbocycles. The first-order chi connectivity index (χ1) is 7.31. The minimum atomic E-state index is 0.745. The quantitative estimate of drug-likeness (QED) is 0.742. The number of pyridine rings is 1. The Morgan fingerprint density at radius 2 is 1.93 bits per heavy atom. The summed E-state index contributed by atoms with van der Waals surface area (Å²) in [5.74, 6) is 0. The Morgan fingerprint density at radius 1 is 1.13 bits per heavy atom. The molecule has 0 amide bonds. The first-order valence-corrected chi connectivity index (χ1v) is 5.39. The summed E-state index contributed by atoms with van der Waals surface area (Å²) in [5, 5.41) is 0.745. The summed E-state index contributed by atoms with van der Waals surface area (Å²) >= 11 is 6.09. The van der Waals surface area contributed by atoms with Crippen LogP contribution in [0.1, 0.15) is 12.5 Å². The van der Waals surface area contributed by atoms with Crippen LogP contribution in [0, 0.1) is 0 Å². The zero-order valence-corrected chi connectivity index (χ0v) is 9.33. The normalized spacial score (nSPS) is 10.3.